The second kappa shape index (κ2) is 5.55. The Labute approximate surface area is 113 Å². The topological polar surface area (TPSA) is 41.3 Å². The van der Waals surface area contributed by atoms with E-state index in [1.54, 1.807) is 0 Å². The van der Waals surface area contributed by atoms with E-state index in [4.69, 9.17) is 4.42 Å². The molecule has 0 saturated carbocycles. The molecule has 1 aliphatic heterocycles. The minimum Gasteiger partial charge on any atom is -0.439 e. The zero-order valence-electron chi connectivity index (χ0n) is 11.2. The molecule has 4 nitrogen and oxygen atoms in total. The normalized spacial score (nSPS) is 19.9. The average molecular weight is 257 g/mol. The second-order valence-electron chi connectivity index (χ2n) is 4.99. The number of likely N-dealkylation sites (tertiary alicyclic amines) is 1. The largest absolute Gasteiger partial charge is 0.439 e. The first kappa shape index (κ1) is 12.4. The van der Waals surface area contributed by atoms with Crippen molar-refractivity contribution in [1.29, 1.82) is 0 Å². The number of nitrogens with zero attached hydrogens (tertiary/aromatic N) is 2. The summed E-state index contributed by atoms with van der Waals surface area (Å²) in [6.07, 6.45) is 3.01. The zero-order chi connectivity index (χ0) is 13.1. The van der Waals surface area contributed by atoms with Crippen molar-refractivity contribution in [2.45, 2.75) is 19.0 Å². The molecule has 1 atom stereocenters. The Balaban J connectivity index is 1.66. The van der Waals surface area contributed by atoms with Gasteiger partial charge in [-0.15, -0.1) is 0 Å². The van der Waals surface area contributed by atoms with Gasteiger partial charge in [0.25, 0.3) is 0 Å². The maximum atomic E-state index is 5.83. The molecule has 1 unspecified atom stereocenters. The first-order chi connectivity index (χ1) is 9.35. The first-order valence-corrected chi connectivity index (χ1v) is 6.75. The van der Waals surface area contributed by atoms with E-state index in [-0.39, 0.29) is 0 Å². The predicted molar refractivity (Wildman–Crippen MR) is 74.7 cm³/mol. The average Bonchev–Trinajstić information content (AvgIpc) is 3.09. The van der Waals surface area contributed by atoms with Crippen LogP contribution >= 0.6 is 0 Å². The number of nitrogens with one attached hydrogen (secondary N) is 1. The molecule has 1 N–H and O–H groups in total. The number of hydrogen-bond donors (Lipinski definition) is 1. The van der Waals surface area contributed by atoms with Crippen molar-refractivity contribution in [3.05, 3.63) is 42.4 Å². The highest BCUT2D eigenvalue weighted by Crippen LogP contribution is 2.21. The molecule has 0 aliphatic carbocycles. The van der Waals surface area contributed by atoms with Crippen molar-refractivity contribution in [1.82, 2.24) is 15.2 Å². The lowest BCUT2D eigenvalue weighted by atomic mass is 10.2. The maximum Gasteiger partial charge on any atom is 0.209 e. The third kappa shape index (κ3) is 2.85. The van der Waals surface area contributed by atoms with Crippen molar-refractivity contribution >= 4 is 0 Å². The molecule has 0 bridgehead atoms. The van der Waals surface area contributed by atoms with Gasteiger partial charge in [0.15, 0.2) is 5.76 Å². The lowest BCUT2D eigenvalue weighted by Gasteiger charge is -2.13. The summed E-state index contributed by atoms with van der Waals surface area (Å²) in [6, 6.07) is 10.7. The molecule has 0 radical (unpaired) electrons. The Kier molecular flexibility index (Phi) is 3.62. The van der Waals surface area contributed by atoms with Crippen LogP contribution in [0.15, 0.2) is 40.9 Å². The molecule has 19 heavy (non-hydrogen) atoms. The van der Waals surface area contributed by atoms with Gasteiger partial charge >= 0.3 is 0 Å². The summed E-state index contributed by atoms with van der Waals surface area (Å²) in [4.78, 5) is 6.75. The minimum atomic E-state index is 0.601. The monoisotopic (exact) mass is 257 g/mol. The Morgan fingerprint density at radius 3 is 2.95 bits per heavy atom. The standard InChI is InChI=1S/C15H19N3O/c1-16-13-7-8-18(10-13)11-15-17-9-14(19-15)12-5-3-2-4-6-12/h2-6,9,13,16H,7-8,10-11H2,1H3. The van der Waals surface area contributed by atoms with Crippen molar-refractivity contribution in [2.24, 2.45) is 0 Å². The molecular formula is C15H19N3O. The van der Waals surface area contributed by atoms with Gasteiger partial charge in [-0.3, -0.25) is 4.90 Å². The Hall–Kier alpha value is -1.65. The Morgan fingerprint density at radius 1 is 1.37 bits per heavy atom. The highest BCUT2D eigenvalue weighted by Gasteiger charge is 2.22. The number of oxazole rings is 1. The van der Waals surface area contributed by atoms with Crippen LogP contribution in [0.1, 0.15) is 12.3 Å². The van der Waals surface area contributed by atoms with Crippen LogP contribution < -0.4 is 5.32 Å². The van der Waals surface area contributed by atoms with E-state index in [9.17, 15) is 0 Å². The van der Waals surface area contributed by atoms with Gasteiger partial charge in [0, 0.05) is 24.7 Å². The lowest BCUT2D eigenvalue weighted by molar-refractivity contribution is 0.286. The molecule has 1 aromatic heterocycles. The van der Waals surface area contributed by atoms with Gasteiger partial charge in [-0.1, -0.05) is 30.3 Å². The molecule has 4 heteroatoms. The molecule has 1 saturated heterocycles. The fraction of sp³-hybridized carbons (Fsp3) is 0.400. The molecule has 0 amide bonds. The highest BCUT2D eigenvalue weighted by atomic mass is 16.4. The van der Waals surface area contributed by atoms with E-state index in [1.165, 1.54) is 6.42 Å². The molecule has 100 valence electrons. The van der Waals surface area contributed by atoms with E-state index in [0.717, 1.165) is 36.8 Å². The fourth-order valence-corrected chi connectivity index (χ4v) is 2.52. The first-order valence-electron chi connectivity index (χ1n) is 6.75. The van der Waals surface area contributed by atoms with E-state index in [1.807, 2.05) is 43.6 Å². The van der Waals surface area contributed by atoms with Crippen molar-refractivity contribution in [3.8, 4) is 11.3 Å². The van der Waals surface area contributed by atoms with Crippen LogP contribution in [0.5, 0.6) is 0 Å². The molecule has 1 aromatic carbocycles. The smallest absolute Gasteiger partial charge is 0.209 e. The van der Waals surface area contributed by atoms with E-state index in [0.29, 0.717) is 6.04 Å². The van der Waals surface area contributed by atoms with Crippen LogP contribution in [-0.4, -0.2) is 36.1 Å². The number of benzene rings is 1. The van der Waals surface area contributed by atoms with E-state index in [2.05, 4.69) is 15.2 Å². The summed E-state index contributed by atoms with van der Waals surface area (Å²) in [5, 5.41) is 3.32. The van der Waals surface area contributed by atoms with Gasteiger partial charge in [0.1, 0.15) is 0 Å². The molecule has 1 aliphatic rings. The second-order valence-corrected chi connectivity index (χ2v) is 4.99. The van der Waals surface area contributed by atoms with E-state index < -0.39 is 0 Å². The van der Waals surface area contributed by atoms with Gasteiger partial charge in [-0.25, -0.2) is 4.98 Å². The maximum absolute atomic E-state index is 5.83. The Bertz CT molecular complexity index is 523. The van der Waals surface area contributed by atoms with E-state index >= 15 is 0 Å². The van der Waals surface area contributed by atoms with Gasteiger partial charge in [-0.2, -0.15) is 0 Å². The quantitative estimate of drug-likeness (QED) is 0.911. The third-order valence-electron chi connectivity index (χ3n) is 3.65. The number of aromatic nitrogens is 1. The highest BCUT2D eigenvalue weighted by molar-refractivity contribution is 5.55. The van der Waals surface area contributed by atoms with Crippen LogP contribution in [0, 0.1) is 0 Å². The number of rotatable bonds is 4. The molecule has 1 fully saturated rings. The molecule has 2 aromatic rings. The van der Waals surface area contributed by atoms with Crippen LogP contribution in [0.2, 0.25) is 0 Å². The minimum absolute atomic E-state index is 0.601. The molecular weight excluding hydrogens is 238 g/mol. The van der Waals surface area contributed by atoms with Crippen molar-refractivity contribution in [3.63, 3.8) is 0 Å². The van der Waals surface area contributed by atoms with Gasteiger partial charge in [0.05, 0.1) is 12.7 Å². The van der Waals surface area contributed by atoms with Gasteiger partial charge in [-0.05, 0) is 13.5 Å². The van der Waals surface area contributed by atoms with Gasteiger partial charge in [0.2, 0.25) is 5.89 Å². The van der Waals surface area contributed by atoms with Crippen molar-refractivity contribution in [2.75, 3.05) is 20.1 Å². The number of likely N-dealkylation sites (N-methyl/N-ethyl adjacent to an activating group) is 1. The lowest BCUT2D eigenvalue weighted by Crippen LogP contribution is -2.29. The summed E-state index contributed by atoms with van der Waals surface area (Å²) in [5.74, 6) is 1.65. The van der Waals surface area contributed by atoms with Gasteiger partial charge < -0.3 is 9.73 Å². The SMILES string of the molecule is CNC1CCN(Cc2ncc(-c3ccccc3)o2)C1. The summed E-state index contributed by atoms with van der Waals surface area (Å²) >= 11 is 0. The summed E-state index contributed by atoms with van der Waals surface area (Å²) in [6.45, 7) is 2.97. The Morgan fingerprint density at radius 2 is 2.21 bits per heavy atom. The van der Waals surface area contributed by atoms with Crippen molar-refractivity contribution < 1.29 is 4.42 Å². The molecule has 3 rings (SSSR count). The zero-order valence-corrected chi connectivity index (χ0v) is 11.2. The number of hydrogen-bond acceptors (Lipinski definition) is 4. The van der Waals surface area contributed by atoms with Crippen LogP contribution in [0.4, 0.5) is 0 Å². The van der Waals surface area contributed by atoms with Crippen LogP contribution in [0.25, 0.3) is 11.3 Å². The van der Waals surface area contributed by atoms with Crippen LogP contribution in [-0.2, 0) is 6.54 Å². The molecule has 2 heterocycles. The molecule has 0 spiro atoms. The summed E-state index contributed by atoms with van der Waals surface area (Å²) < 4.78 is 5.83. The fourth-order valence-electron chi connectivity index (χ4n) is 2.52. The van der Waals surface area contributed by atoms with Crippen LogP contribution in [0.3, 0.4) is 0 Å². The predicted octanol–water partition coefficient (Wildman–Crippen LogP) is 2.14. The summed E-state index contributed by atoms with van der Waals surface area (Å²) in [5.41, 5.74) is 1.08. The summed E-state index contributed by atoms with van der Waals surface area (Å²) in [7, 11) is 2.02. The third-order valence-corrected chi connectivity index (χ3v) is 3.65.